The van der Waals surface area contributed by atoms with E-state index in [9.17, 15) is 15.1 Å². The van der Waals surface area contributed by atoms with E-state index in [-0.39, 0.29) is 12.0 Å². The summed E-state index contributed by atoms with van der Waals surface area (Å²) in [5.41, 5.74) is -0.0972. The molecule has 0 amide bonds. The zero-order valence-electron chi connectivity index (χ0n) is 11.1. The number of aliphatic hydroxyl groups is 1. The molecular formula is C15H13N3O3. The van der Waals surface area contributed by atoms with Crippen molar-refractivity contribution in [3.05, 3.63) is 48.3 Å². The van der Waals surface area contributed by atoms with Gasteiger partial charge in [-0.3, -0.25) is 4.79 Å². The molecule has 0 aliphatic carbocycles. The van der Waals surface area contributed by atoms with Crippen LogP contribution >= 0.6 is 0 Å². The minimum atomic E-state index is -1.61. The van der Waals surface area contributed by atoms with E-state index in [0.29, 0.717) is 18.1 Å². The van der Waals surface area contributed by atoms with Gasteiger partial charge in [0, 0.05) is 18.7 Å². The Morgan fingerprint density at radius 3 is 2.71 bits per heavy atom. The highest BCUT2D eigenvalue weighted by Gasteiger charge is 2.52. The summed E-state index contributed by atoms with van der Waals surface area (Å²) in [7, 11) is 0. The summed E-state index contributed by atoms with van der Waals surface area (Å²) in [6, 6.07) is 9.52. The highest BCUT2D eigenvalue weighted by atomic mass is 16.5. The van der Waals surface area contributed by atoms with Crippen molar-refractivity contribution in [1.29, 1.82) is 0 Å². The number of aliphatic imine (C=N–C) groups is 1. The molecule has 0 radical (unpaired) electrons. The monoisotopic (exact) mass is 283 g/mol. The number of fused-ring (bicyclic) bond motifs is 2. The second-order valence-electron chi connectivity index (χ2n) is 5.30. The van der Waals surface area contributed by atoms with Gasteiger partial charge in [-0.2, -0.15) is 4.73 Å². The van der Waals surface area contributed by atoms with Gasteiger partial charge in [0.1, 0.15) is 5.84 Å². The fourth-order valence-electron chi connectivity index (χ4n) is 2.97. The van der Waals surface area contributed by atoms with Gasteiger partial charge in [-0.15, -0.1) is 0 Å². The number of rotatable bonds is 1. The Kier molecular flexibility index (Phi) is 2.29. The number of ketones is 1. The lowest BCUT2D eigenvalue weighted by Crippen LogP contribution is -2.48. The van der Waals surface area contributed by atoms with Gasteiger partial charge in [0.15, 0.2) is 5.60 Å². The first-order valence-corrected chi connectivity index (χ1v) is 6.70. The minimum absolute atomic E-state index is 0.249. The molecule has 1 aromatic carbocycles. The number of hydrogen-bond donors (Lipinski definition) is 2. The number of carbonyl (C=O) groups excluding carboxylic acids is 1. The summed E-state index contributed by atoms with van der Waals surface area (Å²) < 4.78 is 0.796. The molecule has 3 heterocycles. The Labute approximate surface area is 120 Å². The lowest BCUT2D eigenvalue weighted by Gasteiger charge is -2.28. The molecule has 1 fully saturated rings. The second kappa shape index (κ2) is 3.95. The maximum Gasteiger partial charge on any atom is 0.206 e. The van der Waals surface area contributed by atoms with Gasteiger partial charge in [-0.25, -0.2) is 4.99 Å². The number of benzene rings is 1. The average Bonchev–Trinajstić information content (AvgIpc) is 3.02. The van der Waals surface area contributed by atoms with Crippen molar-refractivity contribution >= 4 is 23.0 Å². The van der Waals surface area contributed by atoms with Gasteiger partial charge < -0.3 is 15.2 Å². The molecular weight excluding hydrogens is 270 g/mol. The maximum atomic E-state index is 12.5. The van der Waals surface area contributed by atoms with Crippen molar-refractivity contribution in [2.75, 3.05) is 11.4 Å². The zero-order chi connectivity index (χ0) is 14.6. The van der Waals surface area contributed by atoms with Crippen LogP contribution < -0.4 is 4.90 Å². The molecule has 2 aliphatic rings. The van der Waals surface area contributed by atoms with E-state index < -0.39 is 11.4 Å². The zero-order valence-corrected chi connectivity index (χ0v) is 11.1. The van der Waals surface area contributed by atoms with Gasteiger partial charge in [0.2, 0.25) is 5.78 Å². The van der Waals surface area contributed by atoms with Crippen LogP contribution in [0.15, 0.2) is 47.7 Å². The topological polar surface area (TPSA) is 78.1 Å². The Morgan fingerprint density at radius 2 is 1.95 bits per heavy atom. The molecule has 0 bridgehead atoms. The van der Waals surface area contributed by atoms with Crippen molar-refractivity contribution in [3.63, 3.8) is 0 Å². The molecule has 4 rings (SSSR count). The van der Waals surface area contributed by atoms with Crippen LogP contribution in [-0.2, 0) is 0 Å². The predicted octanol–water partition coefficient (Wildman–Crippen LogP) is 1.59. The van der Waals surface area contributed by atoms with Gasteiger partial charge in [0.05, 0.1) is 23.6 Å². The normalized spacial score (nSPS) is 23.8. The van der Waals surface area contributed by atoms with Crippen LogP contribution in [0.2, 0.25) is 0 Å². The lowest BCUT2D eigenvalue weighted by molar-refractivity contribution is 0.0601. The van der Waals surface area contributed by atoms with Crippen LogP contribution in [0.1, 0.15) is 16.8 Å². The van der Waals surface area contributed by atoms with Crippen molar-refractivity contribution in [2.24, 2.45) is 4.99 Å². The smallest absolute Gasteiger partial charge is 0.206 e. The van der Waals surface area contributed by atoms with E-state index >= 15 is 0 Å². The van der Waals surface area contributed by atoms with E-state index in [2.05, 4.69) is 4.99 Å². The average molecular weight is 283 g/mol. The molecule has 2 aliphatic heterocycles. The lowest BCUT2D eigenvalue weighted by atomic mass is 9.89. The fraction of sp³-hybridized carbons (Fsp3) is 0.200. The van der Waals surface area contributed by atoms with Crippen LogP contribution in [0.25, 0.3) is 0 Å². The van der Waals surface area contributed by atoms with Crippen LogP contribution in [0, 0.1) is 0 Å². The summed E-state index contributed by atoms with van der Waals surface area (Å²) in [4.78, 5) is 18.8. The largest absolute Gasteiger partial charge is 0.429 e. The Morgan fingerprint density at radius 1 is 1.19 bits per heavy atom. The van der Waals surface area contributed by atoms with E-state index in [4.69, 9.17) is 0 Å². The minimum Gasteiger partial charge on any atom is -0.429 e. The fourth-order valence-corrected chi connectivity index (χ4v) is 2.97. The number of aromatic nitrogens is 1. The first-order valence-electron chi connectivity index (χ1n) is 6.70. The van der Waals surface area contributed by atoms with E-state index in [1.165, 1.54) is 12.4 Å². The molecule has 2 N–H and O–H groups in total. The van der Waals surface area contributed by atoms with Crippen molar-refractivity contribution < 1.29 is 15.1 Å². The number of carbonyl (C=O) groups is 1. The Balaban J connectivity index is 1.88. The second-order valence-corrected chi connectivity index (χ2v) is 5.30. The Bertz CT molecular complexity index is 766. The van der Waals surface area contributed by atoms with Gasteiger partial charge in [-0.05, 0) is 12.1 Å². The standard InChI is InChI=1S/C15H13N3O3/c19-13-11-8-17(21)9-12(11)16-14-15(13,20)6-7-18(14)10-4-2-1-3-5-10/h1-5,8-9,20-21H,6-7H2. The summed E-state index contributed by atoms with van der Waals surface area (Å²) >= 11 is 0. The summed E-state index contributed by atoms with van der Waals surface area (Å²) in [6.07, 6.45) is 2.93. The third-order valence-corrected chi connectivity index (χ3v) is 4.03. The maximum absolute atomic E-state index is 12.5. The molecule has 2 aromatic rings. The summed E-state index contributed by atoms with van der Waals surface area (Å²) in [5, 5.41) is 20.2. The summed E-state index contributed by atoms with van der Waals surface area (Å²) in [5.74, 6) is -0.0777. The number of Topliss-reactive ketones (excluding diaryl/α,β-unsaturated/α-hetero) is 1. The van der Waals surface area contributed by atoms with Crippen molar-refractivity contribution in [3.8, 4) is 0 Å². The highest BCUT2D eigenvalue weighted by molar-refractivity contribution is 6.28. The molecule has 21 heavy (non-hydrogen) atoms. The van der Waals surface area contributed by atoms with Gasteiger partial charge in [0.25, 0.3) is 0 Å². The molecule has 106 valence electrons. The van der Waals surface area contributed by atoms with Gasteiger partial charge >= 0.3 is 0 Å². The van der Waals surface area contributed by atoms with E-state index in [1.54, 1.807) is 0 Å². The van der Waals surface area contributed by atoms with Crippen molar-refractivity contribution in [1.82, 2.24) is 4.73 Å². The van der Waals surface area contributed by atoms with Gasteiger partial charge in [-0.1, -0.05) is 18.2 Å². The van der Waals surface area contributed by atoms with Crippen LogP contribution in [0.5, 0.6) is 0 Å². The first-order chi connectivity index (χ1) is 10.1. The molecule has 1 atom stereocenters. The highest BCUT2D eigenvalue weighted by Crippen LogP contribution is 2.39. The molecule has 6 nitrogen and oxygen atoms in total. The SMILES string of the molecule is O=C1c2cn(O)cc2N=C2N(c3ccccc3)CCC12O. The number of hydrogen-bond acceptors (Lipinski definition) is 5. The Hall–Kier alpha value is -2.60. The summed E-state index contributed by atoms with van der Waals surface area (Å²) in [6.45, 7) is 0.522. The molecule has 0 saturated carbocycles. The van der Waals surface area contributed by atoms with Crippen LogP contribution in [0.4, 0.5) is 11.4 Å². The predicted molar refractivity (Wildman–Crippen MR) is 76.4 cm³/mol. The van der Waals surface area contributed by atoms with E-state index in [1.807, 2.05) is 35.2 Å². The van der Waals surface area contributed by atoms with Crippen LogP contribution in [-0.4, -0.2) is 38.8 Å². The van der Waals surface area contributed by atoms with Crippen molar-refractivity contribution in [2.45, 2.75) is 12.0 Å². The number of para-hydroxylation sites is 1. The molecule has 6 heteroatoms. The number of nitrogens with zero attached hydrogens (tertiary/aromatic N) is 3. The first kappa shape index (κ1) is 12.2. The molecule has 1 aromatic heterocycles. The van der Waals surface area contributed by atoms with E-state index in [0.717, 1.165) is 10.4 Å². The number of amidine groups is 1. The molecule has 1 saturated heterocycles. The van der Waals surface area contributed by atoms with Crippen LogP contribution in [0.3, 0.4) is 0 Å². The molecule has 0 spiro atoms. The number of anilines is 1. The quantitative estimate of drug-likeness (QED) is 0.779. The molecule has 1 unspecified atom stereocenters. The third-order valence-electron chi connectivity index (χ3n) is 4.03. The third kappa shape index (κ3) is 1.56.